The Bertz CT molecular complexity index is 484. The van der Waals surface area contributed by atoms with E-state index in [9.17, 15) is 30.6 Å². The van der Waals surface area contributed by atoms with Gasteiger partial charge in [-0.15, -0.1) is 0 Å². The SMILES string of the molecule is C[C@@H]1C[C@H](O)CC(C)(C)[C@@]1(O)CC[C@H](C)O[C@@H]1O[C@H](CO)[C@@H](O)[C@H](O)[C@H]1O. The summed E-state index contributed by atoms with van der Waals surface area (Å²) in [5, 5.41) is 60.3. The van der Waals surface area contributed by atoms with Gasteiger partial charge >= 0.3 is 0 Å². The molecule has 0 aromatic carbocycles. The van der Waals surface area contributed by atoms with Gasteiger partial charge in [-0.1, -0.05) is 20.8 Å². The number of hydrogen-bond donors (Lipinski definition) is 6. The maximum atomic E-state index is 11.3. The molecule has 1 aliphatic heterocycles. The molecule has 27 heavy (non-hydrogen) atoms. The van der Waals surface area contributed by atoms with Crippen molar-refractivity contribution in [1.82, 2.24) is 0 Å². The summed E-state index contributed by atoms with van der Waals surface area (Å²) in [7, 11) is 0. The van der Waals surface area contributed by atoms with Crippen LogP contribution >= 0.6 is 0 Å². The highest BCUT2D eigenvalue weighted by Gasteiger charge is 2.52. The Morgan fingerprint density at radius 2 is 1.74 bits per heavy atom. The predicted molar refractivity (Wildman–Crippen MR) is 96.7 cm³/mol. The molecule has 0 aromatic rings. The molecule has 9 atom stereocenters. The molecule has 8 heteroatoms. The first-order chi connectivity index (χ1) is 12.4. The highest BCUT2D eigenvalue weighted by atomic mass is 16.7. The summed E-state index contributed by atoms with van der Waals surface area (Å²) in [5.41, 5.74) is -1.41. The summed E-state index contributed by atoms with van der Waals surface area (Å²) in [6, 6.07) is 0. The highest BCUT2D eigenvalue weighted by Crippen LogP contribution is 2.49. The van der Waals surface area contributed by atoms with E-state index in [4.69, 9.17) is 9.47 Å². The highest BCUT2D eigenvalue weighted by molar-refractivity contribution is 5.02. The lowest BCUT2D eigenvalue weighted by molar-refractivity contribution is -0.311. The van der Waals surface area contributed by atoms with Gasteiger partial charge in [0.2, 0.25) is 0 Å². The summed E-state index contributed by atoms with van der Waals surface area (Å²) in [6.07, 6.45) is -5.34. The fourth-order valence-corrected chi connectivity index (χ4v) is 4.60. The monoisotopic (exact) mass is 392 g/mol. The van der Waals surface area contributed by atoms with Crippen LogP contribution < -0.4 is 0 Å². The van der Waals surface area contributed by atoms with Crippen molar-refractivity contribution in [2.75, 3.05) is 6.61 Å². The second-order valence-electron chi connectivity index (χ2n) is 8.99. The molecule has 1 saturated heterocycles. The van der Waals surface area contributed by atoms with Gasteiger partial charge in [0.25, 0.3) is 0 Å². The van der Waals surface area contributed by atoms with Gasteiger partial charge in [-0.3, -0.25) is 0 Å². The molecule has 0 spiro atoms. The van der Waals surface area contributed by atoms with Crippen LogP contribution in [0.2, 0.25) is 0 Å². The van der Waals surface area contributed by atoms with Gasteiger partial charge < -0.3 is 40.1 Å². The minimum atomic E-state index is -1.48. The molecule has 2 aliphatic rings. The average molecular weight is 392 g/mol. The van der Waals surface area contributed by atoms with E-state index < -0.39 is 60.5 Å². The standard InChI is InChI=1S/C19H36O8/c1-10-7-12(21)8-18(3,4)19(10,25)6-5-11(2)26-17-16(24)15(23)14(22)13(9-20)27-17/h10-17,20-25H,5-9H2,1-4H3/t10-,11+,12+,13-,14-,15+,16-,17-,19-/m1/s1. The van der Waals surface area contributed by atoms with Gasteiger partial charge in [0.05, 0.1) is 24.4 Å². The third-order valence-corrected chi connectivity index (χ3v) is 6.51. The lowest BCUT2D eigenvalue weighted by atomic mass is 9.58. The van der Waals surface area contributed by atoms with Crippen LogP contribution in [0.3, 0.4) is 0 Å². The van der Waals surface area contributed by atoms with E-state index in [1.54, 1.807) is 6.92 Å². The van der Waals surface area contributed by atoms with Crippen molar-refractivity contribution in [2.45, 2.75) is 102 Å². The molecule has 2 fully saturated rings. The third-order valence-electron chi connectivity index (χ3n) is 6.51. The number of hydrogen-bond acceptors (Lipinski definition) is 8. The van der Waals surface area contributed by atoms with Crippen LogP contribution in [0.15, 0.2) is 0 Å². The van der Waals surface area contributed by atoms with Gasteiger partial charge in [0, 0.05) is 0 Å². The van der Waals surface area contributed by atoms with Crippen molar-refractivity contribution >= 4 is 0 Å². The second-order valence-corrected chi connectivity index (χ2v) is 8.99. The van der Waals surface area contributed by atoms with Crippen molar-refractivity contribution < 1.29 is 40.1 Å². The molecular weight excluding hydrogens is 356 g/mol. The molecule has 2 rings (SSSR count). The van der Waals surface area contributed by atoms with E-state index >= 15 is 0 Å². The van der Waals surface area contributed by atoms with E-state index in [-0.39, 0.29) is 5.92 Å². The first-order valence-corrected chi connectivity index (χ1v) is 9.79. The summed E-state index contributed by atoms with van der Waals surface area (Å²) >= 11 is 0. The van der Waals surface area contributed by atoms with E-state index in [1.165, 1.54) is 0 Å². The van der Waals surface area contributed by atoms with Crippen LogP contribution in [0, 0.1) is 11.3 Å². The normalized spacial score (nSPS) is 46.2. The van der Waals surface area contributed by atoms with Crippen LogP contribution in [0.4, 0.5) is 0 Å². The topological polar surface area (TPSA) is 140 Å². The minimum Gasteiger partial charge on any atom is -0.394 e. The number of aliphatic hydroxyl groups is 6. The molecule has 0 unspecified atom stereocenters. The van der Waals surface area contributed by atoms with E-state index in [0.717, 1.165) is 0 Å². The Labute approximate surface area is 160 Å². The van der Waals surface area contributed by atoms with Crippen molar-refractivity contribution in [2.24, 2.45) is 11.3 Å². The Morgan fingerprint density at radius 3 is 2.30 bits per heavy atom. The minimum absolute atomic E-state index is 0.0734. The molecule has 1 aliphatic carbocycles. The molecule has 0 amide bonds. The van der Waals surface area contributed by atoms with Crippen LogP contribution in [-0.4, -0.2) is 85.8 Å². The summed E-state index contributed by atoms with van der Waals surface area (Å²) in [4.78, 5) is 0. The van der Waals surface area contributed by atoms with Crippen molar-refractivity contribution in [1.29, 1.82) is 0 Å². The maximum absolute atomic E-state index is 11.3. The molecule has 6 N–H and O–H groups in total. The molecule has 0 bridgehead atoms. The Hall–Kier alpha value is -0.320. The maximum Gasteiger partial charge on any atom is 0.186 e. The third kappa shape index (κ3) is 4.64. The molecule has 160 valence electrons. The van der Waals surface area contributed by atoms with Crippen molar-refractivity contribution in [3.05, 3.63) is 0 Å². The largest absolute Gasteiger partial charge is 0.394 e. The zero-order chi connectivity index (χ0) is 20.6. The van der Waals surface area contributed by atoms with Crippen molar-refractivity contribution in [3.8, 4) is 0 Å². The second kappa shape index (κ2) is 8.59. The van der Waals surface area contributed by atoms with Crippen LogP contribution in [-0.2, 0) is 9.47 Å². The summed E-state index contributed by atoms with van der Waals surface area (Å²) in [5.74, 6) is -0.0734. The molecule has 1 saturated carbocycles. The Kier molecular flexibility index (Phi) is 7.30. The molecule has 0 aromatic heterocycles. The summed E-state index contributed by atoms with van der Waals surface area (Å²) in [6.45, 7) is 7.12. The zero-order valence-electron chi connectivity index (χ0n) is 16.7. The Balaban J connectivity index is 1.96. The summed E-state index contributed by atoms with van der Waals surface area (Å²) < 4.78 is 11.1. The lowest BCUT2D eigenvalue weighted by Gasteiger charge is -2.52. The van der Waals surface area contributed by atoms with Gasteiger partial charge in [-0.25, -0.2) is 0 Å². The predicted octanol–water partition coefficient (Wildman–Crippen LogP) is -0.480. The van der Waals surface area contributed by atoms with Crippen LogP contribution in [0.1, 0.15) is 53.4 Å². The molecule has 0 radical (unpaired) electrons. The fraction of sp³-hybridized carbons (Fsp3) is 1.00. The first-order valence-electron chi connectivity index (χ1n) is 9.79. The number of ether oxygens (including phenoxy) is 2. The van der Waals surface area contributed by atoms with Gasteiger partial charge in [-0.2, -0.15) is 0 Å². The fourth-order valence-electron chi connectivity index (χ4n) is 4.60. The van der Waals surface area contributed by atoms with Crippen molar-refractivity contribution in [3.63, 3.8) is 0 Å². The van der Waals surface area contributed by atoms with Gasteiger partial charge in [0.1, 0.15) is 24.4 Å². The van der Waals surface area contributed by atoms with E-state index in [0.29, 0.717) is 25.7 Å². The van der Waals surface area contributed by atoms with Gasteiger partial charge in [0.15, 0.2) is 6.29 Å². The van der Waals surface area contributed by atoms with Crippen LogP contribution in [0.5, 0.6) is 0 Å². The van der Waals surface area contributed by atoms with E-state index in [2.05, 4.69) is 0 Å². The number of rotatable bonds is 6. The van der Waals surface area contributed by atoms with Gasteiger partial charge in [-0.05, 0) is 43.9 Å². The Morgan fingerprint density at radius 1 is 1.11 bits per heavy atom. The average Bonchev–Trinajstić information content (AvgIpc) is 2.58. The molecule has 8 nitrogen and oxygen atoms in total. The quantitative estimate of drug-likeness (QED) is 0.356. The zero-order valence-corrected chi connectivity index (χ0v) is 16.7. The first kappa shape index (κ1) is 23.0. The van der Waals surface area contributed by atoms with Crippen LogP contribution in [0.25, 0.3) is 0 Å². The smallest absolute Gasteiger partial charge is 0.186 e. The lowest BCUT2D eigenvalue weighted by Crippen LogP contribution is -2.59. The molecular formula is C19H36O8. The number of aliphatic hydroxyl groups excluding tert-OH is 5. The molecule has 1 heterocycles. The van der Waals surface area contributed by atoms with E-state index in [1.807, 2.05) is 20.8 Å².